The van der Waals surface area contributed by atoms with E-state index in [0.717, 1.165) is 105 Å². The molecule has 0 aliphatic heterocycles. The van der Waals surface area contributed by atoms with Gasteiger partial charge in [0.1, 0.15) is 0 Å². The largest absolute Gasteiger partial charge is 3.00 e. The van der Waals surface area contributed by atoms with E-state index in [4.69, 9.17) is 0 Å². The van der Waals surface area contributed by atoms with Gasteiger partial charge in [-0.05, 0) is 204 Å². The number of hydrogen-bond donors (Lipinski definition) is 6. The topological polar surface area (TPSA) is 211 Å². The second-order valence-corrected chi connectivity index (χ2v) is 48.9. The Labute approximate surface area is 777 Å². The van der Waals surface area contributed by atoms with Gasteiger partial charge in [0.25, 0.3) is 0 Å². The minimum absolute atomic E-state index is 0. The molecule has 3 saturated carbocycles. The average molecular weight is 1790 g/mol. The van der Waals surface area contributed by atoms with Gasteiger partial charge in [-0.1, -0.05) is 361 Å². The summed E-state index contributed by atoms with van der Waals surface area (Å²) in [7, 11) is 0. The SMILES string of the molecule is CC(C)(C)c1cc(CN[C@H]2CCCC[C@@H]2NCc2cc(C(C)(C)C)cc(C(C)(C)C)c2[O-])c([O-])c(C(C)(C)C)c1.CC(C)(C)c1cc(CN[C@H]2CCCC[C@@H]2NCc2cc(C(C)(C)C)cc(C(C)(C)C)c2[O-])c([O-])c(C(C)(C)C)c1.CC(C)(C)c1cc(CN[C@H]2CCCC[C@@H]2NCc2cc(C(C)(C)C)cc(C(C)(C)C)c2[O-])c([O-])c(C(C)(C)C)c1.[Cl-].[Mn+3].[Mn+3]. The maximum Gasteiger partial charge on any atom is 3.00 e. The van der Waals surface area contributed by atoms with Gasteiger partial charge in [0.15, 0.2) is 0 Å². The molecule has 12 nitrogen and oxygen atoms in total. The van der Waals surface area contributed by atoms with Crippen LogP contribution in [0.1, 0.15) is 426 Å². The molecule has 3 fully saturated rings. The first-order chi connectivity index (χ1) is 54.6. The summed E-state index contributed by atoms with van der Waals surface area (Å²) in [6.07, 6.45) is 13.5. The summed E-state index contributed by atoms with van der Waals surface area (Å²) in [5.41, 5.74) is 16.4. The van der Waals surface area contributed by atoms with Crippen molar-refractivity contribution in [2.75, 3.05) is 0 Å². The van der Waals surface area contributed by atoms with Crippen LogP contribution in [0.4, 0.5) is 0 Å². The maximum atomic E-state index is 13.5. The van der Waals surface area contributed by atoms with Crippen LogP contribution in [0, 0.1) is 0 Å². The molecule has 0 spiro atoms. The zero-order chi connectivity index (χ0) is 90.8. The monoisotopic (exact) mass is 1790 g/mol. The van der Waals surface area contributed by atoms with E-state index >= 15 is 0 Å². The molecule has 6 aromatic carbocycles. The number of nitrogens with one attached hydrogen (secondary N) is 6. The molecule has 0 amide bonds. The molecule has 15 heteroatoms. The molecule has 0 unspecified atom stereocenters. The first-order valence-electron chi connectivity index (χ1n) is 46.1. The van der Waals surface area contributed by atoms with Gasteiger partial charge in [-0.2, -0.15) is 0 Å². The van der Waals surface area contributed by atoms with Gasteiger partial charge < -0.3 is 74.9 Å². The molecule has 0 aromatic heterocycles. The van der Waals surface area contributed by atoms with Gasteiger partial charge >= 0.3 is 34.1 Å². The Bertz CT molecular complexity index is 3700. The van der Waals surface area contributed by atoms with Gasteiger partial charge in [0.05, 0.1) is 0 Å². The Balaban J connectivity index is 0.000000383. The van der Waals surface area contributed by atoms with E-state index in [9.17, 15) is 30.6 Å². The van der Waals surface area contributed by atoms with Crippen LogP contribution in [0.5, 0.6) is 34.5 Å². The summed E-state index contributed by atoms with van der Waals surface area (Å²) in [5.74, 6) is 0.989. The normalized spacial score (nSPS) is 18.7. The molecule has 3 aliphatic carbocycles. The average Bonchev–Trinajstić information content (AvgIpc) is 0.808. The Morgan fingerprint density at radius 1 is 0.195 bits per heavy atom. The van der Waals surface area contributed by atoms with Gasteiger partial charge in [0.2, 0.25) is 0 Å². The minimum Gasteiger partial charge on any atom is -1.00 e. The van der Waals surface area contributed by atoms with Crippen molar-refractivity contribution in [3.05, 3.63) is 173 Å². The third-order valence-corrected chi connectivity index (χ3v) is 25.7. The van der Waals surface area contributed by atoms with Gasteiger partial charge in [0, 0.05) is 75.5 Å². The van der Waals surface area contributed by atoms with Crippen molar-refractivity contribution in [3.8, 4) is 34.5 Å². The summed E-state index contributed by atoms with van der Waals surface area (Å²) in [6, 6.07) is 27.0. The third kappa shape index (κ3) is 30.4. The first-order valence-corrected chi connectivity index (χ1v) is 46.1. The van der Waals surface area contributed by atoms with Crippen molar-refractivity contribution in [1.82, 2.24) is 31.9 Å². The molecule has 0 heterocycles. The van der Waals surface area contributed by atoms with E-state index in [1.165, 1.54) is 71.9 Å². The molecule has 0 radical (unpaired) electrons. The molecule has 6 atom stereocenters. The molecule has 3 aliphatic rings. The van der Waals surface area contributed by atoms with Crippen LogP contribution >= 0.6 is 0 Å². The fourth-order valence-electron chi connectivity index (χ4n) is 17.2. The molecule has 6 aromatic rings. The van der Waals surface area contributed by atoms with Crippen molar-refractivity contribution in [2.45, 2.75) is 467 Å². The van der Waals surface area contributed by atoms with Gasteiger partial charge in [-0.3, -0.25) is 0 Å². The predicted molar refractivity (Wildman–Crippen MR) is 499 cm³/mol. The zero-order valence-electron chi connectivity index (χ0n) is 83.7. The Hall–Kier alpha value is -4.79. The fraction of sp³-hybridized carbons (Fsp3) is 0.667. The number of halogens is 1. The summed E-state index contributed by atoms with van der Waals surface area (Å²) in [5, 5.41) is 104. The second-order valence-electron chi connectivity index (χ2n) is 48.9. The quantitative estimate of drug-likeness (QED) is 0.0444. The summed E-state index contributed by atoms with van der Waals surface area (Å²) >= 11 is 0. The van der Waals surface area contributed by atoms with Crippen molar-refractivity contribution in [1.29, 1.82) is 0 Å². The van der Waals surface area contributed by atoms with E-state index in [2.05, 4.69) is 354 Å². The number of rotatable bonds is 18. The smallest absolute Gasteiger partial charge is 1.00 e. The molecule has 6 N–H and O–H groups in total. The minimum atomic E-state index is -0.203. The van der Waals surface area contributed by atoms with Crippen molar-refractivity contribution in [3.63, 3.8) is 0 Å². The van der Waals surface area contributed by atoms with Gasteiger partial charge in [-0.15, -0.1) is 34.5 Å². The predicted octanol–water partition coefficient (Wildman–Crippen LogP) is 18.6. The number of benzene rings is 6. The zero-order valence-corrected chi connectivity index (χ0v) is 86.8. The molecule has 9 rings (SSSR count). The van der Waals surface area contributed by atoms with Crippen LogP contribution in [0.15, 0.2) is 72.8 Å². The van der Waals surface area contributed by atoms with Crippen LogP contribution in [0.25, 0.3) is 0 Å². The van der Waals surface area contributed by atoms with E-state index in [1.54, 1.807) is 0 Å². The number of hydrogen-bond acceptors (Lipinski definition) is 12. The fourth-order valence-corrected chi connectivity index (χ4v) is 17.2. The molecular formula is C108H168ClMn2N6O6-. The summed E-state index contributed by atoms with van der Waals surface area (Å²) < 4.78 is 0. The van der Waals surface area contributed by atoms with Crippen LogP contribution in [0.2, 0.25) is 0 Å². The first kappa shape index (κ1) is 111. The van der Waals surface area contributed by atoms with Crippen LogP contribution < -0.4 is 74.9 Å². The Morgan fingerprint density at radius 2 is 0.301 bits per heavy atom. The maximum absolute atomic E-state index is 13.5. The summed E-state index contributed by atoms with van der Waals surface area (Å²) in [4.78, 5) is 0. The van der Waals surface area contributed by atoms with Crippen LogP contribution in [-0.2, 0) is 138 Å². The summed E-state index contributed by atoms with van der Waals surface area (Å²) in [6.45, 7) is 81.4. The van der Waals surface area contributed by atoms with E-state index < -0.39 is 0 Å². The van der Waals surface area contributed by atoms with Crippen molar-refractivity contribution >= 4 is 0 Å². The van der Waals surface area contributed by atoms with Gasteiger partial charge in [-0.25, -0.2) is 0 Å². The third-order valence-electron chi connectivity index (χ3n) is 25.7. The molecule has 123 heavy (non-hydrogen) atoms. The molecular weight excluding hydrogens is 1620 g/mol. The standard InChI is InChI=1S/3C36H58N2O2.ClH.2Mn/c3*1-33(2,3)25-17-23(31(39)27(19-25)35(7,8)9)21-37-29-15-13-14-16-30(29)38-22-24-18-26(34(4,5)6)20-28(32(24)40)36(10,11)12;;;/h3*17-20,29-30,37-40H,13-16,21-22H2,1-12H3;1H;;/q;;;;2*+3/p-7/t3*29-,30-;;;/m000.../s1. The molecule has 0 saturated heterocycles. The molecule has 0 bridgehead atoms. The van der Waals surface area contributed by atoms with E-state index in [-0.39, 0.29) is 182 Å². The molecule has 688 valence electrons. The second kappa shape index (κ2) is 42.4. The van der Waals surface area contributed by atoms with E-state index in [0.29, 0.717) is 39.3 Å². The van der Waals surface area contributed by atoms with Crippen molar-refractivity contribution in [2.24, 2.45) is 0 Å². The van der Waals surface area contributed by atoms with Crippen LogP contribution in [0.3, 0.4) is 0 Å². The van der Waals surface area contributed by atoms with Crippen molar-refractivity contribution < 1.29 is 77.2 Å². The van der Waals surface area contributed by atoms with Crippen LogP contribution in [-0.4, -0.2) is 36.3 Å². The Kier molecular flexibility index (Phi) is 38.1. The Morgan fingerprint density at radius 3 is 0.390 bits per heavy atom. The van der Waals surface area contributed by atoms with E-state index in [1.807, 2.05) is 0 Å².